The Balaban J connectivity index is 1.49. The molecule has 4 rings (SSSR count). The van der Waals surface area contributed by atoms with Crippen LogP contribution in [0.5, 0.6) is 11.5 Å². The van der Waals surface area contributed by atoms with Crippen molar-refractivity contribution >= 4 is 27.5 Å². The van der Waals surface area contributed by atoms with Crippen molar-refractivity contribution in [3.05, 3.63) is 72.3 Å². The van der Waals surface area contributed by atoms with E-state index in [1.165, 1.54) is 19.1 Å². The minimum absolute atomic E-state index is 0.0362. The molecule has 0 spiro atoms. The number of nitrogen functional groups attached to an aromatic ring is 1. The van der Waals surface area contributed by atoms with Gasteiger partial charge in [0.1, 0.15) is 23.0 Å². The fraction of sp³-hybridized carbons (Fsp3) is 0.269. The highest BCUT2D eigenvalue weighted by Crippen LogP contribution is 2.34. The zero-order chi connectivity index (χ0) is 26.6. The molecule has 1 aliphatic rings. The smallest absolute Gasteiger partial charge is 0.246 e. The number of carbonyl (C=O) groups is 2. The molecular formula is C26H29N5O5S. The van der Waals surface area contributed by atoms with Crippen LogP contribution in [0.1, 0.15) is 29.7 Å². The summed E-state index contributed by atoms with van der Waals surface area (Å²) >= 11 is 0. The zero-order valence-electron chi connectivity index (χ0n) is 20.6. The molecule has 3 aromatic rings. The molecule has 0 aliphatic carbocycles. The molecule has 194 valence electrons. The minimum Gasteiger partial charge on any atom is -0.457 e. The maximum absolute atomic E-state index is 12.5. The molecule has 1 atom stereocenters. The number of nitrogens with one attached hydrogen (secondary N) is 1. The number of sulfonamides is 1. The third kappa shape index (κ3) is 6.43. The second-order valence-corrected chi connectivity index (χ2v) is 10.6. The highest BCUT2D eigenvalue weighted by Gasteiger charge is 2.31. The van der Waals surface area contributed by atoms with E-state index in [0.717, 1.165) is 17.6 Å². The predicted molar refractivity (Wildman–Crippen MR) is 141 cm³/mol. The lowest BCUT2D eigenvalue weighted by Gasteiger charge is -2.15. The van der Waals surface area contributed by atoms with Crippen molar-refractivity contribution in [2.24, 2.45) is 0 Å². The Morgan fingerprint density at radius 2 is 1.81 bits per heavy atom. The van der Waals surface area contributed by atoms with Gasteiger partial charge in [0, 0.05) is 31.3 Å². The van der Waals surface area contributed by atoms with Crippen molar-refractivity contribution in [3.8, 4) is 22.8 Å². The number of ether oxygens (including phenoxy) is 1. The molecule has 0 radical (unpaired) electrons. The van der Waals surface area contributed by atoms with Gasteiger partial charge in [0.25, 0.3) is 0 Å². The van der Waals surface area contributed by atoms with Gasteiger partial charge in [0.2, 0.25) is 15.9 Å². The number of ketones is 1. The van der Waals surface area contributed by atoms with Crippen LogP contribution in [-0.2, 0) is 14.8 Å². The van der Waals surface area contributed by atoms with Crippen molar-refractivity contribution in [3.63, 3.8) is 0 Å². The monoisotopic (exact) mass is 523 g/mol. The first kappa shape index (κ1) is 26.1. The fourth-order valence-electron chi connectivity index (χ4n) is 4.19. The van der Waals surface area contributed by atoms with E-state index in [-0.39, 0.29) is 30.1 Å². The Hall–Kier alpha value is -3.96. The average Bonchev–Trinajstić information content (AvgIpc) is 3.47. The third-order valence-corrected chi connectivity index (χ3v) is 6.64. The van der Waals surface area contributed by atoms with Crippen LogP contribution in [0.4, 0.5) is 5.82 Å². The SMILES string of the molecule is CC(=O)c1c(-c2ccc(Oc3ccccc3)cc2)nn([C@@H]2CCN(C(=O)/C=C/CNS(C)(=O)=O)C2)c1N. The molecule has 1 saturated heterocycles. The molecule has 0 bridgehead atoms. The molecule has 37 heavy (non-hydrogen) atoms. The van der Waals surface area contributed by atoms with Crippen molar-refractivity contribution in [1.82, 2.24) is 19.4 Å². The number of amides is 1. The largest absolute Gasteiger partial charge is 0.457 e. The molecule has 3 N–H and O–H groups in total. The Labute approximate surface area is 215 Å². The number of aromatic nitrogens is 2. The van der Waals surface area contributed by atoms with Crippen LogP contribution in [0.15, 0.2) is 66.7 Å². The quantitative estimate of drug-likeness (QED) is 0.325. The summed E-state index contributed by atoms with van der Waals surface area (Å²) in [4.78, 5) is 26.7. The Morgan fingerprint density at radius 3 is 2.46 bits per heavy atom. The lowest BCUT2D eigenvalue weighted by atomic mass is 10.0. The van der Waals surface area contributed by atoms with E-state index in [4.69, 9.17) is 15.6 Å². The second kappa shape index (κ2) is 11.0. The number of hydrogen-bond acceptors (Lipinski definition) is 7. The van der Waals surface area contributed by atoms with Gasteiger partial charge in [-0.15, -0.1) is 0 Å². The Bertz CT molecular complexity index is 1420. The van der Waals surface area contributed by atoms with Gasteiger partial charge >= 0.3 is 0 Å². The van der Waals surface area contributed by atoms with Gasteiger partial charge < -0.3 is 15.4 Å². The van der Waals surface area contributed by atoms with Crippen molar-refractivity contribution in [1.29, 1.82) is 0 Å². The first-order valence-corrected chi connectivity index (χ1v) is 13.6. The van der Waals surface area contributed by atoms with Crippen molar-refractivity contribution < 1.29 is 22.7 Å². The number of nitrogens with zero attached hydrogens (tertiary/aromatic N) is 3. The number of para-hydroxylation sites is 1. The molecule has 1 fully saturated rings. The Kier molecular flexibility index (Phi) is 7.74. The summed E-state index contributed by atoms with van der Waals surface area (Å²) in [5.41, 5.74) is 7.93. The zero-order valence-corrected chi connectivity index (χ0v) is 21.4. The standard InChI is InChI=1S/C26H29N5O5S/c1-18(32)24-25(19-10-12-22(13-11-19)36-21-7-4-3-5-8-21)29-31(26(24)27)20-14-16-30(17-20)23(33)9-6-15-28-37(2,34)35/h3-13,20,28H,14-17,27H2,1-2H3/b9-6+/t20-/m1/s1. The van der Waals surface area contributed by atoms with E-state index >= 15 is 0 Å². The number of likely N-dealkylation sites (tertiary alicyclic amines) is 1. The molecule has 0 saturated carbocycles. The first-order valence-electron chi connectivity index (χ1n) is 11.7. The molecule has 1 aliphatic heterocycles. The molecule has 1 aromatic heterocycles. The summed E-state index contributed by atoms with van der Waals surface area (Å²) in [6.07, 6.45) is 4.49. The van der Waals surface area contributed by atoms with Crippen LogP contribution in [0.3, 0.4) is 0 Å². The predicted octanol–water partition coefficient (Wildman–Crippen LogP) is 3.01. The molecule has 2 heterocycles. The number of Topliss-reactive ketones (excluding diaryl/α,β-unsaturated/α-hetero) is 1. The number of carbonyl (C=O) groups excluding carboxylic acids is 2. The van der Waals surface area contributed by atoms with Gasteiger partial charge in [-0.3, -0.25) is 9.59 Å². The molecule has 2 aromatic carbocycles. The van der Waals surface area contributed by atoms with E-state index in [9.17, 15) is 18.0 Å². The number of nitrogens with two attached hydrogens (primary N) is 1. The first-order chi connectivity index (χ1) is 17.6. The van der Waals surface area contributed by atoms with Crippen LogP contribution >= 0.6 is 0 Å². The van der Waals surface area contributed by atoms with Gasteiger partial charge in [0.15, 0.2) is 5.78 Å². The third-order valence-electron chi connectivity index (χ3n) is 5.95. The average molecular weight is 524 g/mol. The highest BCUT2D eigenvalue weighted by molar-refractivity contribution is 7.88. The molecule has 10 nitrogen and oxygen atoms in total. The van der Waals surface area contributed by atoms with Crippen LogP contribution in [-0.4, -0.2) is 60.7 Å². The molecule has 11 heteroatoms. The lowest BCUT2D eigenvalue weighted by molar-refractivity contribution is -0.125. The van der Waals surface area contributed by atoms with Crippen molar-refractivity contribution in [2.75, 3.05) is 31.6 Å². The van der Waals surface area contributed by atoms with E-state index in [1.54, 1.807) is 9.58 Å². The van der Waals surface area contributed by atoms with E-state index < -0.39 is 10.0 Å². The topological polar surface area (TPSA) is 137 Å². The Morgan fingerprint density at radius 1 is 1.14 bits per heavy atom. The highest BCUT2D eigenvalue weighted by atomic mass is 32.2. The molecular weight excluding hydrogens is 494 g/mol. The number of anilines is 1. The summed E-state index contributed by atoms with van der Waals surface area (Å²) in [5.74, 6) is 1.20. The normalized spacial score (nSPS) is 15.8. The number of hydrogen-bond donors (Lipinski definition) is 2. The summed E-state index contributed by atoms with van der Waals surface area (Å²) in [5, 5.41) is 4.69. The van der Waals surface area contributed by atoms with Gasteiger partial charge in [-0.1, -0.05) is 24.3 Å². The van der Waals surface area contributed by atoms with Gasteiger partial charge in [0.05, 0.1) is 17.9 Å². The summed E-state index contributed by atoms with van der Waals surface area (Å²) in [7, 11) is -3.33. The van der Waals surface area contributed by atoms with Crippen LogP contribution in [0.2, 0.25) is 0 Å². The summed E-state index contributed by atoms with van der Waals surface area (Å²) < 4.78 is 32.1. The fourth-order valence-corrected chi connectivity index (χ4v) is 4.59. The van der Waals surface area contributed by atoms with Gasteiger partial charge in [-0.05, 0) is 49.7 Å². The maximum atomic E-state index is 12.5. The maximum Gasteiger partial charge on any atom is 0.246 e. The van der Waals surface area contributed by atoms with E-state index in [0.29, 0.717) is 36.5 Å². The van der Waals surface area contributed by atoms with Crippen LogP contribution in [0, 0.1) is 0 Å². The molecule has 1 amide bonds. The second-order valence-electron chi connectivity index (χ2n) is 8.80. The summed E-state index contributed by atoms with van der Waals surface area (Å²) in [6.45, 7) is 2.35. The molecule has 0 unspecified atom stereocenters. The van der Waals surface area contributed by atoms with E-state index in [2.05, 4.69) is 4.72 Å². The van der Waals surface area contributed by atoms with Gasteiger partial charge in [-0.2, -0.15) is 5.10 Å². The van der Waals surface area contributed by atoms with Crippen LogP contribution in [0.25, 0.3) is 11.3 Å². The van der Waals surface area contributed by atoms with Gasteiger partial charge in [-0.25, -0.2) is 17.8 Å². The minimum atomic E-state index is -3.33. The summed E-state index contributed by atoms with van der Waals surface area (Å²) in [6, 6.07) is 16.5. The lowest BCUT2D eigenvalue weighted by Crippen LogP contribution is -2.28. The number of benzene rings is 2. The number of rotatable bonds is 9. The van der Waals surface area contributed by atoms with Crippen LogP contribution < -0.4 is 15.2 Å². The van der Waals surface area contributed by atoms with E-state index in [1.807, 2.05) is 54.6 Å². The van der Waals surface area contributed by atoms with Crippen molar-refractivity contribution in [2.45, 2.75) is 19.4 Å².